The Bertz CT molecular complexity index is 304. The first-order valence-electron chi connectivity index (χ1n) is 5.19. The van der Waals surface area contributed by atoms with Crippen molar-refractivity contribution in [3.63, 3.8) is 0 Å². The molecule has 0 aromatic heterocycles. The number of hydrogen-bond donors (Lipinski definition) is 2. The average molecular weight is 226 g/mol. The quantitative estimate of drug-likeness (QED) is 0.236. The fourth-order valence-corrected chi connectivity index (χ4v) is 1.30. The maximum atomic E-state index is 11.4. The molecule has 0 saturated heterocycles. The molecule has 0 aliphatic rings. The fraction of sp³-hybridized carbons (Fsp3) is 0.636. The highest BCUT2D eigenvalue weighted by Crippen LogP contribution is 2.16. The van der Waals surface area contributed by atoms with Crippen LogP contribution in [0.4, 0.5) is 0 Å². The molecule has 0 aromatic rings. The van der Waals surface area contributed by atoms with Gasteiger partial charge in [-0.15, -0.1) is 0 Å². The van der Waals surface area contributed by atoms with Gasteiger partial charge in [0.2, 0.25) is 5.91 Å². The Hall–Kier alpha value is -1.54. The molecule has 2 unspecified atom stereocenters. The van der Waals surface area contributed by atoms with E-state index in [2.05, 4.69) is 22.2 Å². The minimum absolute atomic E-state index is 0.260. The number of hydrazine groups is 1. The number of carbonyl (C=O) groups is 2. The molecule has 3 N–H and O–H groups in total. The molecular formula is C11H18N2O3. The van der Waals surface area contributed by atoms with Crippen molar-refractivity contribution in [1.29, 1.82) is 0 Å². The Morgan fingerprint density at radius 2 is 2.12 bits per heavy atom. The van der Waals surface area contributed by atoms with Crippen LogP contribution in [-0.2, 0) is 14.3 Å². The largest absolute Gasteiger partial charge is 0.372 e. The maximum absolute atomic E-state index is 11.4. The van der Waals surface area contributed by atoms with Crippen LogP contribution in [0.2, 0.25) is 0 Å². The molecule has 0 saturated carbocycles. The first kappa shape index (κ1) is 14.5. The molecule has 0 bridgehead atoms. The zero-order chi connectivity index (χ0) is 12.6. The van der Waals surface area contributed by atoms with Crippen LogP contribution in [0, 0.1) is 23.9 Å². The number of nitrogens with two attached hydrogens (primary N) is 1. The van der Waals surface area contributed by atoms with Crippen molar-refractivity contribution in [3.05, 3.63) is 0 Å². The molecule has 0 rings (SSSR count). The van der Waals surface area contributed by atoms with Crippen LogP contribution in [-0.4, -0.2) is 11.9 Å². The summed E-state index contributed by atoms with van der Waals surface area (Å²) in [5, 5.41) is 0. The first-order valence-corrected chi connectivity index (χ1v) is 5.19. The molecule has 0 spiro atoms. The molecule has 5 heteroatoms. The molecule has 0 aliphatic carbocycles. The van der Waals surface area contributed by atoms with Crippen molar-refractivity contribution < 1.29 is 14.3 Å². The third kappa shape index (κ3) is 4.80. The second kappa shape index (κ2) is 7.71. The monoisotopic (exact) mass is 226 g/mol. The van der Waals surface area contributed by atoms with Gasteiger partial charge in [-0.3, -0.25) is 15.0 Å². The Kier molecular flexibility index (Phi) is 6.97. The summed E-state index contributed by atoms with van der Waals surface area (Å²) < 4.78 is 4.65. The van der Waals surface area contributed by atoms with E-state index in [-0.39, 0.29) is 17.7 Å². The lowest BCUT2D eigenvalue weighted by Gasteiger charge is -2.15. The topological polar surface area (TPSA) is 81.4 Å². The van der Waals surface area contributed by atoms with Crippen LogP contribution >= 0.6 is 0 Å². The smallest absolute Gasteiger partial charge is 0.322 e. The number of rotatable bonds is 5. The van der Waals surface area contributed by atoms with Gasteiger partial charge in [-0.1, -0.05) is 19.8 Å². The first-order chi connectivity index (χ1) is 7.56. The van der Waals surface area contributed by atoms with Crippen LogP contribution in [0.25, 0.3) is 0 Å². The fourth-order valence-electron chi connectivity index (χ4n) is 1.30. The van der Waals surface area contributed by atoms with E-state index in [1.165, 1.54) is 0 Å². The highest BCUT2D eigenvalue weighted by atomic mass is 16.5. The minimum atomic E-state index is -0.419. The summed E-state index contributed by atoms with van der Waals surface area (Å²) in [6.07, 6.45) is 3.27. The molecular weight excluding hydrogens is 208 g/mol. The lowest BCUT2D eigenvalue weighted by molar-refractivity contribution is -0.141. The van der Waals surface area contributed by atoms with Gasteiger partial charge in [0.1, 0.15) is 6.11 Å². The maximum Gasteiger partial charge on any atom is 0.322 e. The van der Waals surface area contributed by atoms with E-state index in [4.69, 9.17) is 5.84 Å². The molecule has 0 fully saturated rings. The van der Waals surface area contributed by atoms with Gasteiger partial charge in [-0.2, -0.15) is 0 Å². The Balaban J connectivity index is 4.27. The number of nitrogens with one attached hydrogen (secondary N) is 1. The number of amides is 1. The summed E-state index contributed by atoms with van der Waals surface area (Å²) in [4.78, 5) is 22.7. The SMILES string of the molecule is CC#COC(=O)C(C)CC(CC)C(=O)NN. The van der Waals surface area contributed by atoms with Gasteiger partial charge in [0.05, 0.1) is 5.92 Å². The summed E-state index contributed by atoms with van der Waals surface area (Å²) in [5.41, 5.74) is 2.08. The van der Waals surface area contributed by atoms with Gasteiger partial charge < -0.3 is 4.74 Å². The van der Waals surface area contributed by atoms with Gasteiger partial charge in [0.15, 0.2) is 0 Å². The van der Waals surface area contributed by atoms with E-state index in [0.29, 0.717) is 12.8 Å². The highest BCUT2D eigenvalue weighted by Gasteiger charge is 2.23. The van der Waals surface area contributed by atoms with Crippen LogP contribution in [0.3, 0.4) is 0 Å². The normalized spacial score (nSPS) is 13.0. The van der Waals surface area contributed by atoms with Crippen LogP contribution < -0.4 is 11.3 Å². The zero-order valence-electron chi connectivity index (χ0n) is 9.87. The molecule has 0 aliphatic heterocycles. The minimum Gasteiger partial charge on any atom is -0.372 e. The van der Waals surface area contributed by atoms with Crippen molar-refractivity contribution in [2.24, 2.45) is 17.7 Å². The second-order valence-electron chi connectivity index (χ2n) is 3.52. The molecule has 90 valence electrons. The van der Waals surface area contributed by atoms with E-state index in [0.717, 1.165) is 0 Å². The number of ether oxygens (including phenoxy) is 1. The van der Waals surface area contributed by atoms with Crippen LogP contribution in [0.1, 0.15) is 33.6 Å². The van der Waals surface area contributed by atoms with Gasteiger partial charge in [-0.25, -0.2) is 5.84 Å². The van der Waals surface area contributed by atoms with Crippen molar-refractivity contribution >= 4 is 11.9 Å². The lowest BCUT2D eigenvalue weighted by Crippen LogP contribution is -2.37. The molecule has 0 heterocycles. The van der Waals surface area contributed by atoms with Crippen LogP contribution in [0.5, 0.6) is 0 Å². The zero-order valence-corrected chi connectivity index (χ0v) is 9.87. The Labute approximate surface area is 95.7 Å². The highest BCUT2D eigenvalue weighted by molar-refractivity contribution is 5.79. The molecule has 2 atom stereocenters. The predicted octanol–water partition coefficient (Wildman–Crippen LogP) is 0.553. The number of hydrogen-bond acceptors (Lipinski definition) is 4. The summed E-state index contributed by atoms with van der Waals surface area (Å²) in [5.74, 6) is 6.18. The second-order valence-corrected chi connectivity index (χ2v) is 3.52. The lowest BCUT2D eigenvalue weighted by atomic mass is 9.93. The summed E-state index contributed by atoms with van der Waals surface area (Å²) in [7, 11) is 0. The van der Waals surface area contributed by atoms with E-state index in [9.17, 15) is 9.59 Å². The standard InChI is InChI=1S/C11H18N2O3/c1-4-6-16-11(15)8(3)7-9(5-2)10(14)13-12/h8-9H,5,7,12H2,1-3H3,(H,13,14). The Morgan fingerprint density at radius 1 is 1.50 bits per heavy atom. The van der Waals surface area contributed by atoms with E-state index in [1.807, 2.05) is 6.92 Å². The molecule has 5 nitrogen and oxygen atoms in total. The van der Waals surface area contributed by atoms with Crippen molar-refractivity contribution in [2.45, 2.75) is 33.6 Å². The van der Waals surface area contributed by atoms with Gasteiger partial charge in [0, 0.05) is 12.8 Å². The third-order valence-corrected chi connectivity index (χ3v) is 2.30. The van der Waals surface area contributed by atoms with Gasteiger partial charge in [-0.05, 0) is 12.8 Å². The van der Waals surface area contributed by atoms with E-state index >= 15 is 0 Å². The summed E-state index contributed by atoms with van der Waals surface area (Å²) >= 11 is 0. The van der Waals surface area contributed by atoms with Crippen molar-refractivity contribution in [1.82, 2.24) is 5.43 Å². The van der Waals surface area contributed by atoms with Crippen molar-refractivity contribution in [3.8, 4) is 12.0 Å². The van der Waals surface area contributed by atoms with Crippen molar-refractivity contribution in [2.75, 3.05) is 0 Å². The number of carbonyl (C=O) groups excluding carboxylic acids is 2. The van der Waals surface area contributed by atoms with Gasteiger partial charge >= 0.3 is 5.97 Å². The van der Waals surface area contributed by atoms with Gasteiger partial charge in [0.25, 0.3) is 0 Å². The van der Waals surface area contributed by atoms with Crippen LogP contribution in [0.15, 0.2) is 0 Å². The Morgan fingerprint density at radius 3 is 2.56 bits per heavy atom. The summed E-state index contributed by atoms with van der Waals surface area (Å²) in [6, 6.07) is 0. The molecule has 0 aromatic carbocycles. The van der Waals surface area contributed by atoms with E-state index in [1.54, 1.807) is 13.8 Å². The molecule has 16 heavy (non-hydrogen) atoms. The van der Waals surface area contributed by atoms with E-state index < -0.39 is 5.97 Å². The predicted molar refractivity (Wildman–Crippen MR) is 59.4 cm³/mol. The average Bonchev–Trinajstić information content (AvgIpc) is 2.31. The third-order valence-electron chi connectivity index (χ3n) is 2.30. The molecule has 0 radical (unpaired) electrons. The summed E-state index contributed by atoms with van der Waals surface area (Å²) in [6.45, 7) is 5.14. The molecule has 1 amide bonds. The number of esters is 1.